The molecule has 9 nitrogen and oxygen atoms in total. The molecule has 2 aliphatic rings. The van der Waals surface area contributed by atoms with Gasteiger partial charge in [-0.1, -0.05) is 6.92 Å². The Morgan fingerprint density at radius 1 is 1.17 bits per heavy atom. The van der Waals surface area contributed by atoms with Gasteiger partial charge in [0.2, 0.25) is 10.0 Å². The normalized spacial score (nSPS) is 18.3. The van der Waals surface area contributed by atoms with Gasteiger partial charge in [-0.15, -0.1) is 0 Å². The second-order valence-electron chi connectivity index (χ2n) is 7.80. The van der Waals surface area contributed by atoms with Crippen LogP contribution in [0.25, 0.3) is 10.9 Å². The maximum absolute atomic E-state index is 13.1. The summed E-state index contributed by atoms with van der Waals surface area (Å²) in [5.74, 6) is -2.34. The van der Waals surface area contributed by atoms with Crippen LogP contribution in [0.15, 0.2) is 23.1 Å². The van der Waals surface area contributed by atoms with E-state index in [2.05, 4.69) is 11.9 Å². The van der Waals surface area contributed by atoms with Gasteiger partial charge in [0, 0.05) is 18.5 Å². The lowest BCUT2D eigenvalue weighted by atomic mass is 10.0. The molecular formula is C20H21N3O6S. The van der Waals surface area contributed by atoms with Crippen molar-refractivity contribution in [2.75, 3.05) is 19.6 Å². The van der Waals surface area contributed by atoms with Gasteiger partial charge in [-0.2, -0.15) is 4.31 Å². The minimum Gasteiger partial charge on any atom is -0.480 e. The topological polar surface area (TPSA) is 125 Å². The van der Waals surface area contributed by atoms with Crippen LogP contribution in [0.5, 0.6) is 0 Å². The Hall–Kier alpha value is -2.85. The highest BCUT2D eigenvalue weighted by Gasteiger charge is 2.40. The number of aromatic nitrogens is 1. The number of rotatable bonds is 4. The van der Waals surface area contributed by atoms with E-state index in [0.717, 1.165) is 12.8 Å². The third-order valence-corrected chi connectivity index (χ3v) is 7.62. The standard InChI is InChI=1S/C20H21N3O6S/c1-11-5-7-22(8-6-11)30(28,29)13-3-4-15-14(9-13)18-17(12(2)21-15)19(26)23(20(18)27)10-16(24)25/h3-4,9,11H,5-8,10H2,1-2H3,(H,24,25). The van der Waals surface area contributed by atoms with Crippen LogP contribution < -0.4 is 0 Å². The maximum Gasteiger partial charge on any atom is 0.323 e. The Morgan fingerprint density at radius 2 is 1.80 bits per heavy atom. The van der Waals surface area contributed by atoms with E-state index in [1.54, 1.807) is 6.92 Å². The molecule has 1 fully saturated rings. The van der Waals surface area contributed by atoms with E-state index >= 15 is 0 Å². The van der Waals surface area contributed by atoms with Crippen molar-refractivity contribution in [1.29, 1.82) is 0 Å². The number of carbonyl (C=O) groups excluding carboxylic acids is 2. The highest BCUT2D eigenvalue weighted by atomic mass is 32.2. The van der Waals surface area contributed by atoms with Crippen molar-refractivity contribution in [2.45, 2.75) is 31.6 Å². The Labute approximate surface area is 173 Å². The van der Waals surface area contributed by atoms with Crippen LogP contribution in [0.2, 0.25) is 0 Å². The lowest BCUT2D eigenvalue weighted by Gasteiger charge is -2.29. The number of piperidine rings is 1. The van der Waals surface area contributed by atoms with Crippen molar-refractivity contribution in [2.24, 2.45) is 5.92 Å². The molecule has 30 heavy (non-hydrogen) atoms. The highest BCUT2D eigenvalue weighted by molar-refractivity contribution is 7.89. The van der Waals surface area contributed by atoms with E-state index in [9.17, 15) is 22.8 Å². The zero-order chi connectivity index (χ0) is 21.8. The summed E-state index contributed by atoms with van der Waals surface area (Å²) in [6.45, 7) is 3.73. The van der Waals surface area contributed by atoms with E-state index in [-0.39, 0.29) is 21.4 Å². The fourth-order valence-corrected chi connectivity index (χ4v) is 5.52. The SMILES string of the molecule is Cc1nc2ccc(S(=O)(=O)N3CCC(C)CC3)cc2c2c1C(=O)N(CC(=O)O)C2=O. The van der Waals surface area contributed by atoms with Gasteiger partial charge in [0.15, 0.2) is 0 Å². The molecule has 0 unspecified atom stereocenters. The second kappa shape index (κ2) is 7.13. The zero-order valence-electron chi connectivity index (χ0n) is 16.6. The molecule has 0 bridgehead atoms. The molecule has 0 spiro atoms. The molecule has 1 saturated heterocycles. The third-order valence-electron chi connectivity index (χ3n) is 5.73. The first-order valence-corrected chi connectivity index (χ1v) is 11.1. The van der Waals surface area contributed by atoms with Crippen molar-refractivity contribution in [1.82, 2.24) is 14.2 Å². The van der Waals surface area contributed by atoms with E-state index < -0.39 is 34.4 Å². The molecule has 2 amide bonds. The number of fused-ring (bicyclic) bond motifs is 3. The predicted molar refractivity (Wildman–Crippen MR) is 107 cm³/mol. The van der Waals surface area contributed by atoms with Gasteiger partial charge in [-0.3, -0.25) is 24.3 Å². The van der Waals surface area contributed by atoms with E-state index in [4.69, 9.17) is 5.11 Å². The molecule has 1 aromatic heterocycles. The van der Waals surface area contributed by atoms with Crippen LogP contribution in [-0.2, 0) is 14.8 Å². The average molecular weight is 431 g/mol. The van der Waals surface area contributed by atoms with Gasteiger partial charge in [-0.05, 0) is 43.9 Å². The average Bonchev–Trinajstić information content (AvgIpc) is 2.93. The van der Waals surface area contributed by atoms with Gasteiger partial charge >= 0.3 is 5.97 Å². The first-order chi connectivity index (χ1) is 14.1. The summed E-state index contributed by atoms with van der Waals surface area (Å²) in [5.41, 5.74) is 0.698. The Bertz CT molecular complexity index is 1200. The number of hydrogen-bond acceptors (Lipinski definition) is 6. The predicted octanol–water partition coefficient (Wildman–Crippen LogP) is 1.64. The molecule has 0 aliphatic carbocycles. The first kappa shape index (κ1) is 20.4. The monoisotopic (exact) mass is 431 g/mol. The number of aryl methyl sites for hydroxylation is 1. The van der Waals surface area contributed by atoms with E-state index in [1.165, 1.54) is 22.5 Å². The number of aliphatic carboxylic acids is 1. The summed E-state index contributed by atoms with van der Waals surface area (Å²) in [6, 6.07) is 4.33. The number of imide groups is 1. The van der Waals surface area contributed by atoms with Crippen molar-refractivity contribution in [3.63, 3.8) is 0 Å². The van der Waals surface area contributed by atoms with Crippen LogP contribution >= 0.6 is 0 Å². The summed E-state index contributed by atoms with van der Waals surface area (Å²) in [4.78, 5) is 41.6. The number of hydrogen-bond donors (Lipinski definition) is 1. The quantitative estimate of drug-likeness (QED) is 0.730. The van der Waals surface area contributed by atoms with Crippen LogP contribution in [0, 0.1) is 12.8 Å². The molecule has 4 rings (SSSR count). The molecule has 158 valence electrons. The minimum absolute atomic E-state index is 0.00747. The minimum atomic E-state index is -3.77. The molecule has 2 aliphatic heterocycles. The molecular weight excluding hydrogens is 410 g/mol. The molecule has 0 radical (unpaired) electrons. The number of carbonyl (C=O) groups is 3. The molecule has 3 heterocycles. The smallest absolute Gasteiger partial charge is 0.323 e. The summed E-state index contributed by atoms with van der Waals surface area (Å²) < 4.78 is 27.7. The van der Waals surface area contributed by atoms with Crippen LogP contribution in [0.1, 0.15) is 46.2 Å². The fraction of sp³-hybridized carbons (Fsp3) is 0.400. The number of carboxylic acid groups (broad SMARTS) is 1. The Morgan fingerprint density at radius 3 is 2.43 bits per heavy atom. The Balaban J connectivity index is 1.84. The number of nitrogens with zero attached hydrogens (tertiary/aromatic N) is 3. The maximum atomic E-state index is 13.1. The summed E-state index contributed by atoms with van der Waals surface area (Å²) >= 11 is 0. The molecule has 10 heteroatoms. The third kappa shape index (κ3) is 3.16. The van der Waals surface area contributed by atoms with Gasteiger partial charge in [-0.25, -0.2) is 8.42 Å². The Kier molecular flexibility index (Phi) is 4.86. The largest absolute Gasteiger partial charge is 0.480 e. The number of benzene rings is 1. The van der Waals surface area contributed by atoms with Crippen LogP contribution in [0.4, 0.5) is 0 Å². The van der Waals surface area contributed by atoms with Crippen LogP contribution in [0.3, 0.4) is 0 Å². The summed E-state index contributed by atoms with van der Waals surface area (Å²) in [6.07, 6.45) is 1.56. The van der Waals surface area contributed by atoms with E-state index in [1.807, 2.05) is 0 Å². The van der Waals surface area contributed by atoms with Crippen molar-refractivity contribution < 1.29 is 27.9 Å². The summed E-state index contributed by atoms with van der Waals surface area (Å²) in [5, 5.41) is 9.27. The van der Waals surface area contributed by atoms with Crippen LogP contribution in [-0.4, -0.2) is 65.1 Å². The lowest BCUT2D eigenvalue weighted by Crippen LogP contribution is -2.37. The van der Waals surface area contributed by atoms with Gasteiger partial charge in [0.1, 0.15) is 6.54 Å². The first-order valence-electron chi connectivity index (χ1n) is 9.63. The highest BCUT2D eigenvalue weighted by Crippen LogP contribution is 2.33. The number of amides is 2. The van der Waals surface area contributed by atoms with Crippen molar-refractivity contribution in [3.8, 4) is 0 Å². The number of sulfonamides is 1. The number of carboxylic acids is 1. The second-order valence-corrected chi connectivity index (χ2v) is 9.74. The van der Waals surface area contributed by atoms with E-state index in [0.29, 0.717) is 35.1 Å². The molecule has 0 saturated carbocycles. The zero-order valence-corrected chi connectivity index (χ0v) is 17.4. The molecule has 2 aromatic rings. The van der Waals surface area contributed by atoms with Crippen molar-refractivity contribution in [3.05, 3.63) is 35.0 Å². The fourth-order valence-electron chi connectivity index (χ4n) is 4.02. The molecule has 1 N–H and O–H groups in total. The van der Waals surface area contributed by atoms with Gasteiger partial charge in [0.25, 0.3) is 11.8 Å². The summed E-state index contributed by atoms with van der Waals surface area (Å²) in [7, 11) is -3.77. The van der Waals surface area contributed by atoms with Crippen molar-refractivity contribution >= 4 is 38.7 Å². The molecule has 1 aromatic carbocycles. The van der Waals surface area contributed by atoms with Gasteiger partial charge in [0.05, 0.1) is 27.2 Å². The number of pyridine rings is 1. The van der Waals surface area contributed by atoms with Gasteiger partial charge < -0.3 is 5.11 Å². The molecule has 0 atom stereocenters. The lowest BCUT2D eigenvalue weighted by molar-refractivity contribution is -0.137.